The number of hydrogen-bond acceptors (Lipinski definition) is 3. The molecule has 0 atom stereocenters. The molecule has 0 amide bonds. The van der Waals surface area contributed by atoms with Crippen LogP contribution in [0, 0.1) is 0 Å². The van der Waals surface area contributed by atoms with Crippen molar-refractivity contribution in [1.82, 2.24) is 0 Å². The topological polar surface area (TPSA) is 17.1 Å². The lowest BCUT2D eigenvalue weighted by atomic mass is 10.3. The summed E-state index contributed by atoms with van der Waals surface area (Å²) in [5, 5.41) is 0. The summed E-state index contributed by atoms with van der Waals surface area (Å²) in [6.07, 6.45) is 0. The highest BCUT2D eigenvalue weighted by atomic mass is 33.1. The van der Waals surface area contributed by atoms with Crippen LogP contribution in [0.1, 0.15) is 27.7 Å². The van der Waals surface area contributed by atoms with E-state index in [0.29, 0.717) is 5.75 Å². The summed E-state index contributed by atoms with van der Waals surface area (Å²) in [4.78, 5) is 10.5. The fraction of sp³-hybridized carbons (Fsp3) is 0.857. The summed E-state index contributed by atoms with van der Waals surface area (Å²) >= 11 is 0. The van der Waals surface area contributed by atoms with Crippen molar-refractivity contribution in [3.05, 3.63) is 0 Å². The third-order valence-corrected chi connectivity index (χ3v) is 3.92. The summed E-state index contributed by atoms with van der Waals surface area (Å²) in [5.41, 5.74) is 0. The van der Waals surface area contributed by atoms with E-state index in [4.69, 9.17) is 0 Å². The predicted molar refractivity (Wildman–Crippen MR) is 50.5 cm³/mol. The first-order valence-corrected chi connectivity index (χ1v) is 5.54. The van der Waals surface area contributed by atoms with Gasteiger partial charge in [-0.05, 0) is 6.92 Å². The minimum Gasteiger partial charge on any atom is -0.299 e. The minimum absolute atomic E-state index is 0.252. The van der Waals surface area contributed by atoms with Crippen LogP contribution in [0.4, 0.5) is 0 Å². The molecule has 0 fully saturated rings. The maximum absolute atomic E-state index is 10.5. The third kappa shape index (κ3) is 8.37. The van der Waals surface area contributed by atoms with Crippen LogP contribution in [0.2, 0.25) is 0 Å². The van der Waals surface area contributed by atoms with Gasteiger partial charge in [0.05, 0.1) is 5.75 Å². The van der Waals surface area contributed by atoms with Crippen LogP contribution in [0.15, 0.2) is 0 Å². The Morgan fingerprint density at radius 2 is 1.90 bits per heavy atom. The van der Waals surface area contributed by atoms with Crippen molar-refractivity contribution in [1.29, 1.82) is 0 Å². The van der Waals surface area contributed by atoms with E-state index >= 15 is 0 Å². The van der Waals surface area contributed by atoms with Crippen molar-refractivity contribution in [3.8, 4) is 0 Å². The molecule has 0 aromatic heterocycles. The van der Waals surface area contributed by atoms with Gasteiger partial charge >= 0.3 is 0 Å². The van der Waals surface area contributed by atoms with E-state index in [2.05, 4.69) is 20.8 Å². The molecule has 0 bridgehead atoms. The van der Waals surface area contributed by atoms with Gasteiger partial charge in [0.25, 0.3) is 0 Å². The van der Waals surface area contributed by atoms with Crippen molar-refractivity contribution in [2.24, 2.45) is 0 Å². The summed E-state index contributed by atoms with van der Waals surface area (Å²) in [6.45, 7) is 8.05. The molecule has 0 aromatic rings. The number of Topliss-reactive ketones (excluding diaryl/α,β-unsaturated/α-hetero) is 1. The van der Waals surface area contributed by atoms with Crippen molar-refractivity contribution in [2.45, 2.75) is 32.4 Å². The molecule has 0 aromatic carbocycles. The predicted octanol–water partition coefficient (Wildman–Crippen LogP) is 2.76. The normalized spacial score (nSPS) is 11.6. The summed E-state index contributed by atoms with van der Waals surface area (Å²) < 4.78 is 0.264. The zero-order valence-corrected chi connectivity index (χ0v) is 8.56. The summed E-state index contributed by atoms with van der Waals surface area (Å²) in [7, 11) is 3.39. The second-order valence-corrected chi connectivity index (χ2v) is 6.28. The molecule has 0 saturated carbocycles. The average Bonchev–Trinajstić information content (AvgIpc) is 1.59. The van der Waals surface area contributed by atoms with E-state index in [0.717, 1.165) is 0 Å². The van der Waals surface area contributed by atoms with E-state index < -0.39 is 0 Å². The monoisotopic (exact) mass is 178 g/mol. The Morgan fingerprint density at radius 3 is 2.20 bits per heavy atom. The van der Waals surface area contributed by atoms with Crippen molar-refractivity contribution in [2.75, 3.05) is 5.75 Å². The number of ketones is 1. The molecule has 0 radical (unpaired) electrons. The number of carbonyl (C=O) groups is 1. The maximum atomic E-state index is 10.5. The molecule has 0 spiro atoms. The second kappa shape index (κ2) is 4.29. The fourth-order valence-corrected chi connectivity index (χ4v) is 2.60. The Labute approximate surface area is 70.7 Å². The molecule has 60 valence electrons. The van der Waals surface area contributed by atoms with Gasteiger partial charge in [0, 0.05) is 4.75 Å². The van der Waals surface area contributed by atoms with E-state index in [1.54, 1.807) is 28.5 Å². The van der Waals surface area contributed by atoms with Gasteiger partial charge in [-0.15, -0.1) is 0 Å². The molecular formula is C7H14OS2. The van der Waals surface area contributed by atoms with Crippen LogP contribution in [0.5, 0.6) is 0 Å². The molecular weight excluding hydrogens is 164 g/mol. The Bertz CT molecular complexity index is 115. The fourth-order valence-electron chi connectivity index (χ4n) is 0.289. The molecule has 3 heteroatoms. The van der Waals surface area contributed by atoms with Gasteiger partial charge in [-0.2, -0.15) is 0 Å². The number of hydrogen-bond donors (Lipinski definition) is 0. The van der Waals surface area contributed by atoms with Gasteiger partial charge in [-0.25, -0.2) is 0 Å². The molecule has 0 heterocycles. The largest absolute Gasteiger partial charge is 0.299 e. The lowest BCUT2D eigenvalue weighted by Gasteiger charge is -2.15. The quantitative estimate of drug-likeness (QED) is 0.619. The Hall–Kier alpha value is 0.370. The van der Waals surface area contributed by atoms with Crippen LogP contribution in [-0.4, -0.2) is 16.3 Å². The van der Waals surface area contributed by atoms with Gasteiger partial charge in [-0.1, -0.05) is 42.4 Å². The van der Waals surface area contributed by atoms with Crippen LogP contribution >= 0.6 is 21.6 Å². The zero-order valence-electron chi connectivity index (χ0n) is 6.93. The first-order valence-electron chi connectivity index (χ1n) is 3.22. The summed E-state index contributed by atoms with van der Waals surface area (Å²) in [5.74, 6) is 0.879. The third-order valence-electron chi connectivity index (χ3n) is 0.571. The van der Waals surface area contributed by atoms with Gasteiger partial charge in [0.1, 0.15) is 5.78 Å². The van der Waals surface area contributed by atoms with Crippen LogP contribution in [-0.2, 0) is 4.79 Å². The second-order valence-electron chi connectivity index (χ2n) is 3.16. The molecule has 0 unspecified atom stereocenters. The van der Waals surface area contributed by atoms with Gasteiger partial charge in [-0.3, -0.25) is 4.79 Å². The van der Waals surface area contributed by atoms with E-state index in [1.807, 2.05) is 0 Å². The summed E-state index contributed by atoms with van der Waals surface area (Å²) in [6, 6.07) is 0. The number of rotatable bonds is 3. The van der Waals surface area contributed by atoms with Gasteiger partial charge in [0.15, 0.2) is 0 Å². The molecule has 1 nitrogen and oxygen atoms in total. The van der Waals surface area contributed by atoms with Gasteiger partial charge in [0.2, 0.25) is 0 Å². The van der Waals surface area contributed by atoms with Crippen LogP contribution in [0.25, 0.3) is 0 Å². The highest BCUT2D eigenvalue weighted by molar-refractivity contribution is 8.77. The smallest absolute Gasteiger partial charge is 0.140 e. The van der Waals surface area contributed by atoms with E-state index in [1.165, 1.54) is 0 Å². The molecule has 0 aliphatic rings. The first-order chi connectivity index (χ1) is 4.42. The molecule has 0 aliphatic heterocycles. The Morgan fingerprint density at radius 1 is 1.40 bits per heavy atom. The molecule has 0 saturated heterocycles. The lowest BCUT2D eigenvalue weighted by molar-refractivity contribution is -0.114. The highest BCUT2D eigenvalue weighted by Gasteiger charge is 2.10. The Balaban J connectivity index is 3.29. The molecule has 10 heavy (non-hydrogen) atoms. The van der Waals surface area contributed by atoms with Crippen molar-refractivity contribution >= 4 is 27.4 Å². The van der Waals surface area contributed by atoms with Crippen molar-refractivity contribution in [3.63, 3.8) is 0 Å². The average molecular weight is 178 g/mol. The van der Waals surface area contributed by atoms with Crippen molar-refractivity contribution < 1.29 is 4.79 Å². The highest BCUT2D eigenvalue weighted by Crippen LogP contribution is 2.34. The zero-order chi connectivity index (χ0) is 8.20. The van der Waals surface area contributed by atoms with Gasteiger partial charge < -0.3 is 0 Å². The van der Waals surface area contributed by atoms with E-state index in [9.17, 15) is 4.79 Å². The Kier molecular flexibility index (Phi) is 4.45. The van der Waals surface area contributed by atoms with Crippen LogP contribution < -0.4 is 0 Å². The lowest BCUT2D eigenvalue weighted by Crippen LogP contribution is -2.05. The van der Waals surface area contributed by atoms with Crippen LogP contribution in [0.3, 0.4) is 0 Å². The molecule has 0 aliphatic carbocycles. The molecule has 0 rings (SSSR count). The standard InChI is InChI=1S/C7H14OS2/c1-6(8)5-9-10-7(2,3)4/h5H2,1-4H3. The SMILES string of the molecule is CC(=O)CSSC(C)(C)C. The van der Waals surface area contributed by atoms with E-state index in [-0.39, 0.29) is 10.5 Å². The maximum Gasteiger partial charge on any atom is 0.140 e. The number of carbonyl (C=O) groups excluding carboxylic acids is 1. The minimum atomic E-state index is 0.252. The first kappa shape index (κ1) is 10.4. The molecule has 0 N–H and O–H groups in total.